The summed E-state index contributed by atoms with van der Waals surface area (Å²) in [5.74, 6) is 0.195. The molecular weight excluding hydrogens is 460 g/mol. The fraction of sp³-hybridized carbons (Fsp3) is 0.214. The third-order valence-corrected chi connectivity index (χ3v) is 6.65. The van der Waals surface area contributed by atoms with Gasteiger partial charge in [0.15, 0.2) is 5.88 Å². The Labute approximate surface area is 209 Å². The molecule has 3 aromatic carbocycles. The molecule has 0 bridgehead atoms. The number of carbonyl (C=O) groups is 1. The number of carbonyl (C=O) groups excluding carboxylic acids is 1. The summed E-state index contributed by atoms with van der Waals surface area (Å²) in [5.41, 5.74) is 4.59. The van der Waals surface area contributed by atoms with E-state index < -0.39 is 0 Å². The van der Waals surface area contributed by atoms with Gasteiger partial charge < -0.3 is 19.9 Å². The SMILES string of the molecule is CN1CCN(C(=O)Cc2ccc(N=C(c3ccccc3)c3c(O)[nH]c4cc(Cl)ccc34)cc2)CC1. The topological polar surface area (TPSA) is 71.9 Å². The van der Waals surface area contributed by atoms with Gasteiger partial charge in [0.05, 0.1) is 28.9 Å². The molecule has 6 nitrogen and oxygen atoms in total. The lowest BCUT2D eigenvalue weighted by Crippen LogP contribution is -2.47. The van der Waals surface area contributed by atoms with Gasteiger partial charge in [-0.15, -0.1) is 0 Å². The van der Waals surface area contributed by atoms with E-state index in [1.54, 1.807) is 12.1 Å². The zero-order valence-electron chi connectivity index (χ0n) is 19.5. The average Bonchev–Trinajstić information content (AvgIpc) is 3.19. The minimum atomic E-state index is 0.0410. The molecule has 0 radical (unpaired) electrons. The number of rotatable bonds is 5. The van der Waals surface area contributed by atoms with Crippen LogP contribution in [0.2, 0.25) is 5.02 Å². The number of aromatic hydroxyl groups is 1. The van der Waals surface area contributed by atoms with Crippen LogP contribution in [0.3, 0.4) is 0 Å². The van der Waals surface area contributed by atoms with Crippen LogP contribution in [0.4, 0.5) is 5.69 Å². The van der Waals surface area contributed by atoms with E-state index in [1.165, 1.54) is 0 Å². The molecule has 0 aliphatic carbocycles. The van der Waals surface area contributed by atoms with E-state index in [0.29, 0.717) is 22.7 Å². The van der Waals surface area contributed by atoms with E-state index >= 15 is 0 Å². The number of halogens is 1. The highest BCUT2D eigenvalue weighted by atomic mass is 35.5. The Balaban J connectivity index is 1.45. The Bertz CT molecular complexity index is 1370. The number of aromatic amines is 1. The number of hydrogen-bond donors (Lipinski definition) is 2. The molecule has 1 amide bonds. The van der Waals surface area contributed by atoms with Crippen LogP contribution in [-0.4, -0.2) is 64.7 Å². The maximum Gasteiger partial charge on any atom is 0.227 e. The second-order valence-electron chi connectivity index (χ2n) is 8.89. The van der Waals surface area contributed by atoms with E-state index in [1.807, 2.05) is 65.6 Å². The number of likely N-dealkylation sites (N-methyl/N-ethyl adjacent to an activating group) is 1. The van der Waals surface area contributed by atoms with Crippen LogP contribution < -0.4 is 0 Å². The van der Waals surface area contributed by atoms with Gasteiger partial charge in [0.2, 0.25) is 5.91 Å². The minimum Gasteiger partial charge on any atom is -0.494 e. The van der Waals surface area contributed by atoms with Crippen LogP contribution >= 0.6 is 11.6 Å². The molecule has 2 heterocycles. The van der Waals surface area contributed by atoms with Crippen molar-refractivity contribution in [2.75, 3.05) is 33.2 Å². The Hall–Kier alpha value is -3.61. The average molecular weight is 487 g/mol. The Morgan fingerprint density at radius 3 is 2.43 bits per heavy atom. The molecule has 0 unspecified atom stereocenters. The normalized spacial score (nSPS) is 15.0. The molecule has 0 atom stereocenters. The number of piperazine rings is 1. The monoisotopic (exact) mass is 486 g/mol. The number of aliphatic imine (C=N–C) groups is 1. The maximum atomic E-state index is 12.7. The van der Waals surface area contributed by atoms with Gasteiger partial charge >= 0.3 is 0 Å². The highest BCUT2D eigenvalue weighted by Crippen LogP contribution is 2.33. The lowest BCUT2D eigenvalue weighted by molar-refractivity contribution is -0.132. The lowest BCUT2D eigenvalue weighted by atomic mass is 10.0. The molecule has 1 saturated heterocycles. The molecule has 2 N–H and O–H groups in total. The highest BCUT2D eigenvalue weighted by Gasteiger charge is 2.20. The largest absolute Gasteiger partial charge is 0.494 e. The summed E-state index contributed by atoms with van der Waals surface area (Å²) < 4.78 is 0. The Kier molecular flexibility index (Phi) is 6.57. The Morgan fingerprint density at radius 1 is 1.00 bits per heavy atom. The van der Waals surface area contributed by atoms with E-state index in [0.717, 1.165) is 53.9 Å². The second kappa shape index (κ2) is 9.94. The lowest BCUT2D eigenvalue weighted by Gasteiger charge is -2.32. The van der Waals surface area contributed by atoms with Crippen LogP contribution in [0.15, 0.2) is 77.8 Å². The van der Waals surface area contributed by atoms with Gasteiger partial charge in [-0.2, -0.15) is 0 Å². The van der Waals surface area contributed by atoms with E-state index in [4.69, 9.17) is 16.6 Å². The molecule has 0 spiro atoms. The molecule has 35 heavy (non-hydrogen) atoms. The zero-order chi connectivity index (χ0) is 24.4. The summed E-state index contributed by atoms with van der Waals surface area (Å²) in [7, 11) is 2.08. The number of fused-ring (bicyclic) bond motifs is 1. The summed E-state index contributed by atoms with van der Waals surface area (Å²) >= 11 is 6.15. The highest BCUT2D eigenvalue weighted by molar-refractivity contribution is 6.31. The summed E-state index contributed by atoms with van der Waals surface area (Å²) in [4.78, 5) is 24.8. The zero-order valence-corrected chi connectivity index (χ0v) is 20.3. The van der Waals surface area contributed by atoms with Crippen molar-refractivity contribution >= 4 is 39.8 Å². The quantitative estimate of drug-likeness (QED) is 0.389. The van der Waals surface area contributed by atoms with Gasteiger partial charge in [0.25, 0.3) is 0 Å². The van der Waals surface area contributed by atoms with Crippen molar-refractivity contribution in [3.05, 3.63) is 94.5 Å². The molecule has 1 fully saturated rings. The molecule has 1 aliphatic heterocycles. The van der Waals surface area contributed by atoms with Gasteiger partial charge in [-0.1, -0.05) is 60.1 Å². The molecule has 1 aliphatic rings. The van der Waals surface area contributed by atoms with Crippen molar-refractivity contribution in [2.24, 2.45) is 4.99 Å². The number of benzene rings is 3. The first kappa shape index (κ1) is 23.1. The predicted molar refractivity (Wildman–Crippen MR) is 141 cm³/mol. The second-order valence-corrected chi connectivity index (χ2v) is 9.33. The van der Waals surface area contributed by atoms with Crippen LogP contribution in [-0.2, 0) is 11.2 Å². The smallest absolute Gasteiger partial charge is 0.227 e. The third kappa shape index (κ3) is 5.09. The van der Waals surface area contributed by atoms with Crippen molar-refractivity contribution in [2.45, 2.75) is 6.42 Å². The third-order valence-electron chi connectivity index (χ3n) is 6.41. The van der Waals surface area contributed by atoms with Crippen molar-refractivity contribution in [3.8, 4) is 5.88 Å². The van der Waals surface area contributed by atoms with Gasteiger partial charge in [-0.25, -0.2) is 4.99 Å². The summed E-state index contributed by atoms with van der Waals surface area (Å²) in [6.45, 7) is 3.37. The molecule has 5 rings (SSSR count). The summed E-state index contributed by atoms with van der Waals surface area (Å²) in [6.07, 6.45) is 0.378. The molecule has 4 aromatic rings. The van der Waals surface area contributed by atoms with Crippen molar-refractivity contribution in [3.63, 3.8) is 0 Å². The maximum absolute atomic E-state index is 12.7. The number of nitrogens with one attached hydrogen (secondary N) is 1. The van der Waals surface area contributed by atoms with E-state index in [2.05, 4.69) is 16.9 Å². The molecule has 0 saturated carbocycles. The minimum absolute atomic E-state index is 0.0410. The summed E-state index contributed by atoms with van der Waals surface area (Å²) in [5, 5.41) is 12.2. The number of amides is 1. The van der Waals surface area contributed by atoms with Gasteiger partial charge in [-0.05, 0) is 36.9 Å². The number of hydrogen-bond acceptors (Lipinski definition) is 4. The van der Waals surface area contributed by atoms with Crippen LogP contribution in [0.5, 0.6) is 5.88 Å². The molecule has 7 heteroatoms. The van der Waals surface area contributed by atoms with Gasteiger partial charge in [-0.3, -0.25) is 4.79 Å². The number of nitrogens with zero attached hydrogens (tertiary/aromatic N) is 3. The number of aromatic nitrogens is 1. The first-order chi connectivity index (χ1) is 17.0. The fourth-order valence-electron chi connectivity index (χ4n) is 4.42. The first-order valence-corrected chi connectivity index (χ1v) is 12.1. The van der Waals surface area contributed by atoms with Crippen molar-refractivity contribution < 1.29 is 9.90 Å². The van der Waals surface area contributed by atoms with E-state index in [9.17, 15) is 9.90 Å². The van der Waals surface area contributed by atoms with Crippen LogP contribution in [0, 0.1) is 0 Å². The van der Waals surface area contributed by atoms with Crippen LogP contribution in [0.1, 0.15) is 16.7 Å². The Morgan fingerprint density at radius 2 is 1.71 bits per heavy atom. The predicted octanol–water partition coefficient (Wildman–Crippen LogP) is 5.01. The van der Waals surface area contributed by atoms with Gasteiger partial charge in [0, 0.05) is 42.2 Å². The van der Waals surface area contributed by atoms with Crippen molar-refractivity contribution in [1.29, 1.82) is 0 Å². The fourth-order valence-corrected chi connectivity index (χ4v) is 4.59. The first-order valence-electron chi connectivity index (χ1n) is 11.7. The standard InChI is InChI=1S/C28H27ClN4O2/c1-32-13-15-33(16-14-32)25(34)17-19-7-10-22(11-8-19)30-27(20-5-3-2-4-6-20)26-23-12-9-21(29)18-24(23)31-28(26)35/h2-12,18,31,35H,13-17H2,1H3. The molecule has 1 aromatic heterocycles. The number of H-pyrrole nitrogens is 1. The van der Waals surface area contributed by atoms with Crippen LogP contribution in [0.25, 0.3) is 10.9 Å². The molecule has 178 valence electrons. The van der Waals surface area contributed by atoms with Crippen molar-refractivity contribution in [1.82, 2.24) is 14.8 Å². The van der Waals surface area contributed by atoms with E-state index in [-0.39, 0.29) is 11.8 Å². The summed E-state index contributed by atoms with van der Waals surface area (Å²) in [6, 6.07) is 23.0. The van der Waals surface area contributed by atoms with Gasteiger partial charge in [0.1, 0.15) is 0 Å². The molecular formula is C28H27ClN4O2.